The highest BCUT2D eigenvalue weighted by atomic mass is 31.2. The molecule has 3 atom stereocenters. The number of phosphoric ester groups is 1. The Hall–Kier alpha value is -2.82. The molecular formula is C64H115O11P. The van der Waals surface area contributed by atoms with Crippen LogP contribution in [0.4, 0.5) is 0 Å². The normalized spacial score (nSPS) is 13.7. The van der Waals surface area contributed by atoms with E-state index >= 15 is 0 Å². The quantitative estimate of drug-likeness (QED) is 0.0197. The van der Waals surface area contributed by atoms with E-state index in [1.54, 1.807) is 0 Å². The number of phosphoric acid groups is 1. The summed E-state index contributed by atoms with van der Waals surface area (Å²) >= 11 is 0. The number of hydrogen-bond acceptors (Lipinski definition) is 10. The number of carbonyl (C=O) groups is 3. The summed E-state index contributed by atoms with van der Waals surface area (Å²) in [5.74, 6) is -1.52. The zero-order valence-electron chi connectivity index (χ0n) is 49.0. The fourth-order valence-corrected chi connectivity index (χ4v) is 9.53. The summed E-state index contributed by atoms with van der Waals surface area (Å²) in [7, 11) is -4.76. The summed E-state index contributed by atoms with van der Waals surface area (Å²) < 4.78 is 39.6. The SMILES string of the molecule is CC/C=C\C/C=C\C/C=C\C/C=C\C/C=C\CCCC(=O)OC(COC(=O)CCCCCCCCCCCCCCCCCCCCC)COP(=O)(O)OCC(CO)OC(=O)CCCCCCCCCCCCCCC. The van der Waals surface area contributed by atoms with Crippen LogP contribution in [0.5, 0.6) is 0 Å². The Kier molecular flexibility index (Phi) is 56.2. The van der Waals surface area contributed by atoms with Crippen LogP contribution in [0.3, 0.4) is 0 Å². The van der Waals surface area contributed by atoms with Gasteiger partial charge in [0, 0.05) is 19.3 Å². The predicted octanol–water partition coefficient (Wildman–Crippen LogP) is 18.7. The van der Waals surface area contributed by atoms with E-state index in [2.05, 4.69) is 75.5 Å². The number of ether oxygens (including phenoxy) is 3. The average Bonchev–Trinajstić information content (AvgIpc) is 3.41. The topological polar surface area (TPSA) is 155 Å². The summed E-state index contributed by atoms with van der Waals surface area (Å²) in [4.78, 5) is 48.6. The maximum absolute atomic E-state index is 12.9. The second-order valence-electron chi connectivity index (χ2n) is 20.9. The highest BCUT2D eigenvalue weighted by molar-refractivity contribution is 7.47. The largest absolute Gasteiger partial charge is 0.472 e. The van der Waals surface area contributed by atoms with Crippen molar-refractivity contribution in [1.82, 2.24) is 0 Å². The minimum Gasteiger partial charge on any atom is -0.462 e. The lowest BCUT2D eigenvalue weighted by atomic mass is 10.0. The fourth-order valence-electron chi connectivity index (χ4n) is 8.75. The van der Waals surface area contributed by atoms with Gasteiger partial charge in [0.2, 0.25) is 0 Å². The van der Waals surface area contributed by atoms with E-state index < -0.39 is 57.8 Å². The minimum absolute atomic E-state index is 0.0915. The van der Waals surface area contributed by atoms with Crippen molar-refractivity contribution in [3.05, 3.63) is 60.8 Å². The molecule has 76 heavy (non-hydrogen) atoms. The van der Waals surface area contributed by atoms with E-state index in [1.807, 2.05) is 6.08 Å². The Labute approximate surface area is 465 Å². The molecule has 2 N–H and O–H groups in total. The van der Waals surface area contributed by atoms with Crippen molar-refractivity contribution in [2.24, 2.45) is 0 Å². The van der Waals surface area contributed by atoms with Crippen molar-refractivity contribution < 1.29 is 52.2 Å². The Morgan fingerprint density at radius 2 is 0.684 bits per heavy atom. The van der Waals surface area contributed by atoms with E-state index in [-0.39, 0.29) is 25.9 Å². The van der Waals surface area contributed by atoms with Gasteiger partial charge in [0.05, 0.1) is 19.8 Å². The van der Waals surface area contributed by atoms with Gasteiger partial charge in [-0.2, -0.15) is 0 Å². The predicted molar refractivity (Wildman–Crippen MR) is 316 cm³/mol. The lowest BCUT2D eigenvalue weighted by Crippen LogP contribution is -2.30. The molecule has 0 rings (SSSR count). The maximum Gasteiger partial charge on any atom is 0.472 e. The summed E-state index contributed by atoms with van der Waals surface area (Å²) in [6.45, 7) is 4.52. The molecule has 0 bridgehead atoms. The van der Waals surface area contributed by atoms with Gasteiger partial charge in [0.15, 0.2) is 6.10 Å². The molecule has 0 aliphatic carbocycles. The van der Waals surface area contributed by atoms with Gasteiger partial charge in [0.1, 0.15) is 12.7 Å². The Morgan fingerprint density at radius 3 is 1.05 bits per heavy atom. The van der Waals surface area contributed by atoms with Gasteiger partial charge >= 0.3 is 25.7 Å². The number of unbranched alkanes of at least 4 members (excludes halogenated alkanes) is 31. The van der Waals surface area contributed by atoms with E-state index in [1.165, 1.54) is 154 Å². The summed E-state index contributed by atoms with van der Waals surface area (Å²) in [5, 5.41) is 9.82. The van der Waals surface area contributed by atoms with Crippen LogP contribution in [0.2, 0.25) is 0 Å². The first-order valence-electron chi connectivity index (χ1n) is 31.2. The van der Waals surface area contributed by atoms with E-state index in [9.17, 15) is 28.9 Å². The number of allylic oxidation sites excluding steroid dienone is 10. The summed E-state index contributed by atoms with van der Waals surface area (Å²) in [5.41, 5.74) is 0. The number of carbonyl (C=O) groups excluding carboxylic acids is 3. The lowest BCUT2D eigenvalue weighted by Gasteiger charge is -2.21. The second-order valence-corrected chi connectivity index (χ2v) is 22.3. The molecule has 0 radical (unpaired) electrons. The van der Waals surface area contributed by atoms with Gasteiger partial charge in [0.25, 0.3) is 0 Å². The van der Waals surface area contributed by atoms with Gasteiger partial charge in [-0.1, -0.05) is 274 Å². The molecule has 0 aliphatic rings. The lowest BCUT2D eigenvalue weighted by molar-refractivity contribution is -0.161. The van der Waals surface area contributed by atoms with Gasteiger partial charge in [-0.15, -0.1) is 0 Å². The molecule has 0 amide bonds. The zero-order valence-corrected chi connectivity index (χ0v) is 49.9. The Bertz CT molecular complexity index is 1510. The molecule has 0 aliphatic heterocycles. The monoisotopic (exact) mass is 1090 g/mol. The van der Waals surface area contributed by atoms with Crippen molar-refractivity contribution in [3.63, 3.8) is 0 Å². The number of aliphatic hydroxyl groups is 1. The van der Waals surface area contributed by atoms with Crippen molar-refractivity contribution in [3.8, 4) is 0 Å². The van der Waals surface area contributed by atoms with Gasteiger partial charge < -0.3 is 24.2 Å². The molecule has 0 saturated heterocycles. The highest BCUT2D eigenvalue weighted by Crippen LogP contribution is 2.43. The van der Waals surface area contributed by atoms with Crippen molar-refractivity contribution >= 4 is 25.7 Å². The number of rotatable bonds is 58. The number of aliphatic hydroxyl groups excluding tert-OH is 1. The van der Waals surface area contributed by atoms with Crippen molar-refractivity contribution in [2.45, 2.75) is 303 Å². The second kappa shape index (κ2) is 58.3. The fraction of sp³-hybridized carbons (Fsp3) is 0.797. The third kappa shape index (κ3) is 55.9. The first kappa shape index (κ1) is 73.2. The zero-order chi connectivity index (χ0) is 55.5. The molecule has 0 aromatic heterocycles. The Morgan fingerprint density at radius 1 is 0.382 bits per heavy atom. The molecule has 0 aromatic rings. The first-order valence-corrected chi connectivity index (χ1v) is 32.7. The molecule has 442 valence electrons. The van der Waals surface area contributed by atoms with Crippen LogP contribution in [0, 0.1) is 0 Å². The molecule has 0 fully saturated rings. The molecule has 0 heterocycles. The van der Waals surface area contributed by atoms with Crippen LogP contribution < -0.4 is 0 Å². The third-order valence-corrected chi connectivity index (χ3v) is 14.4. The van der Waals surface area contributed by atoms with E-state index in [0.29, 0.717) is 25.7 Å². The van der Waals surface area contributed by atoms with Crippen LogP contribution in [-0.4, -0.2) is 66.5 Å². The molecule has 0 spiro atoms. The van der Waals surface area contributed by atoms with Crippen LogP contribution in [0.25, 0.3) is 0 Å². The molecule has 3 unspecified atom stereocenters. The molecular weight excluding hydrogens is 976 g/mol. The standard InChI is InChI=1S/C64H115O11P/c1-4-7-10-13-16-19-22-25-27-29-30-32-33-36-38-41-44-47-50-53-62(66)71-57-61(75-64(68)55-52-49-46-43-40-37-34-31-28-26-23-20-17-14-11-8-5-2)59-73-76(69,70)72-58-60(56-65)74-63(67)54-51-48-45-42-39-35-24-21-18-15-12-9-6-3/h8,11,17,20,26,28,34,37,43,46,60-61,65H,4-7,9-10,12-16,18-19,21-25,27,29-33,35-36,38-42,44-45,47-59H2,1-3H3,(H,69,70)/b11-8-,20-17-,28-26-,37-34-,46-43-. The maximum atomic E-state index is 12.9. The molecule has 0 aromatic carbocycles. The van der Waals surface area contributed by atoms with Gasteiger partial charge in [-0.25, -0.2) is 4.57 Å². The first-order chi connectivity index (χ1) is 37.2. The van der Waals surface area contributed by atoms with E-state index in [0.717, 1.165) is 70.6 Å². The number of esters is 3. The van der Waals surface area contributed by atoms with Crippen LogP contribution in [-0.2, 0) is 42.2 Å². The van der Waals surface area contributed by atoms with Crippen molar-refractivity contribution in [2.75, 3.05) is 26.4 Å². The molecule has 12 heteroatoms. The van der Waals surface area contributed by atoms with Crippen LogP contribution >= 0.6 is 7.82 Å². The summed E-state index contributed by atoms with van der Waals surface area (Å²) in [6.07, 6.45) is 64.7. The van der Waals surface area contributed by atoms with Crippen molar-refractivity contribution in [1.29, 1.82) is 0 Å². The molecule has 0 saturated carbocycles. The highest BCUT2D eigenvalue weighted by Gasteiger charge is 2.28. The average molecular weight is 1090 g/mol. The van der Waals surface area contributed by atoms with Crippen LogP contribution in [0.1, 0.15) is 290 Å². The van der Waals surface area contributed by atoms with Gasteiger partial charge in [-0.05, 0) is 57.8 Å². The smallest absolute Gasteiger partial charge is 0.462 e. The third-order valence-electron chi connectivity index (χ3n) is 13.5. The van der Waals surface area contributed by atoms with Gasteiger partial charge in [-0.3, -0.25) is 23.4 Å². The van der Waals surface area contributed by atoms with E-state index in [4.69, 9.17) is 23.3 Å². The number of hydrogen-bond donors (Lipinski definition) is 2. The minimum atomic E-state index is -4.76. The Balaban J connectivity index is 4.75. The molecule has 11 nitrogen and oxygen atoms in total. The van der Waals surface area contributed by atoms with Crippen LogP contribution in [0.15, 0.2) is 60.8 Å². The summed E-state index contributed by atoms with van der Waals surface area (Å²) in [6, 6.07) is 0.